The predicted molar refractivity (Wildman–Crippen MR) is 96.0 cm³/mol. The van der Waals surface area contributed by atoms with Gasteiger partial charge in [-0.25, -0.2) is 0 Å². The van der Waals surface area contributed by atoms with E-state index in [0.29, 0.717) is 6.42 Å². The van der Waals surface area contributed by atoms with E-state index >= 15 is 0 Å². The zero-order valence-corrected chi connectivity index (χ0v) is 15.2. The highest BCUT2D eigenvalue weighted by Gasteiger charge is 1.99. The van der Waals surface area contributed by atoms with Crippen molar-refractivity contribution in [1.82, 2.24) is 0 Å². The van der Waals surface area contributed by atoms with Gasteiger partial charge in [0.1, 0.15) is 0 Å². The van der Waals surface area contributed by atoms with Crippen LogP contribution in [0.25, 0.3) is 0 Å². The molecule has 0 spiro atoms. The van der Waals surface area contributed by atoms with Crippen LogP contribution in [0.4, 0.5) is 0 Å². The molecule has 0 aromatic rings. The molecule has 0 aromatic heterocycles. The van der Waals surface area contributed by atoms with Gasteiger partial charge in [0.25, 0.3) is 0 Å². The molecule has 0 unspecified atom stereocenters. The van der Waals surface area contributed by atoms with Crippen molar-refractivity contribution in [3.8, 4) is 0 Å². The Bertz CT molecular complexity index is 269. The molecule has 0 radical (unpaired) electrons. The molecule has 2 nitrogen and oxygen atoms in total. The summed E-state index contributed by atoms with van der Waals surface area (Å²) in [6.45, 7) is 4.57. The van der Waals surface area contributed by atoms with Crippen LogP contribution in [0.15, 0.2) is 12.2 Å². The van der Waals surface area contributed by atoms with Gasteiger partial charge in [-0.2, -0.15) is 0 Å². The van der Waals surface area contributed by atoms with Crippen molar-refractivity contribution in [3.05, 3.63) is 12.2 Å². The normalized spacial score (nSPS) is 11.5. The number of rotatable bonds is 15. The van der Waals surface area contributed by atoms with Gasteiger partial charge in [-0.05, 0) is 38.0 Å². The summed E-state index contributed by atoms with van der Waals surface area (Å²) < 4.78 is 4.63. The minimum Gasteiger partial charge on any atom is -0.469 e. The molecule has 0 bridgehead atoms. The van der Waals surface area contributed by atoms with Crippen molar-refractivity contribution in [2.45, 2.75) is 97.3 Å². The average Bonchev–Trinajstić information content (AvgIpc) is 2.50. The van der Waals surface area contributed by atoms with E-state index in [4.69, 9.17) is 0 Å². The predicted octanol–water partition coefficient (Wildman–Crippen LogP) is 6.44. The van der Waals surface area contributed by atoms with E-state index in [1.54, 1.807) is 0 Å². The molecule has 0 aromatic carbocycles. The Hall–Kier alpha value is -0.790. The molecule has 130 valence electrons. The molecule has 0 amide bonds. The van der Waals surface area contributed by atoms with Crippen molar-refractivity contribution in [2.75, 3.05) is 7.11 Å². The Labute approximate surface area is 138 Å². The lowest BCUT2D eigenvalue weighted by Crippen LogP contribution is -1.99. The number of carbonyl (C=O) groups is 1. The Morgan fingerprint density at radius 3 is 1.86 bits per heavy atom. The van der Waals surface area contributed by atoms with Crippen LogP contribution in [-0.2, 0) is 9.53 Å². The number of methoxy groups -OCH3 is 1. The molecule has 0 aliphatic rings. The van der Waals surface area contributed by atoms with Gasteiger partial charge in [0.05, 0.1) is 7.11 Å². The smallest absolute Gasteiger partial charge is 0.305 e. The lowest BCUT2D eigenvalue weighted by Gasteiger charge is -2.02. The quantitative estimate of drug-likeness (QED) is 0.197. The van der Waals surface area contributed by atoms with E-state index in [1.807, 2.05) is 0 Å². The van der Waals surface area contributed by atoms with E-state index in [9.17, 15) is 4.79 Å². The molecule has 2 heteroatoms. The summed E-state index contributed by atoms with van der Waals surface area (Å²) in [7, 11) is 1.46. The lowest BCUT2D eigenvalue weighted by molar-refractivity contribution is -0.140. The van der Waals surface area contributed by atoms with Crippen LogP contribution in [0.3, 0.4) is 0 Å². The number of hydrogen-bond donors (Lipinski definition) is 0. The summed E-state index contributed by atoms with van der Waals surface area (Å²) in [4.78, 5) is 10.9. The first kappa shape index (κ1) is 21.2. The fraction of sp³-hybridized carbons (Fsp3) is 0.850. The second kappa shape index (κ2) is 16.6. The number of hydrogen-bond acceptors (Lipinski definition) is 2. The van der Waals surface area contributed by atoms with Crippen molar-refractivity contribution in [1.29, 1.82) is 0 Å². The SMILES string of the molecule is COC(=O)CCCCCCCCCCCC=CCCC(C)C. The molecular formula is C20H38O2. The van der Waals surface area contributed by atoms with Crippen LogP contribution >= 0.6 is 0 Å². The Morgan fingerprint density at radius 2 is 1.32 bits per heavy atom. The zero-order valence-electron chi connectivity index (χ0n) is 15.2. The van der Waals surface area contributed by atoms with Crippen LogP contribution in [0, 0.1) is 5.92 Å². The molecule has 0 aliphatic heterocycles. The highest BCUT2D eigenvalue weighted by Crippen LogP contribution is 2.12. The standard InChI is InChI=1S/C20H38O2/c1-19(2)17-15-13-11-9-7-5-4-6-8-10-12-14-16-18-20(21)22-3/h11,13,19H,4-10,12,14-18H2,1-3H3. The minimum absolute atomic E-state index is 0.0711. The lowest BCUT2D eigenvalue weighted by atomic mass is 10.1. The van der Waals surface area contributed by atoms with Gasteiger partial charge in [-0.1, -0.05) is 70.9 Å². The molecular weight excluding hydrogens is 272 g/mol. The van der Waals surface area contributed by atoms with E-state index in [0.717, 1.165) is 18.8 Å². The van der Waals surface area contributed by atoms with Crippen molar-refractivity contribution in [3.63, 3.8) is 0 Å². The first-order valence-corrected chi connectivity index (χ1v) is 9.38. The fourth-order valence-corrected chi connectivity index (χ4v) is 2.54. The van der Waals surface area contributed by atoms with E-state index in [2.05, 4.69) is 30.7 Å². The summed E-state index contributed by atoms with van der Waals surface area (Å²) in [6, 6.07) is 0. The Morgan fingerprint density at radius 1 is 0.818 bits per heavy atom. The summed E-state index contributed by atoms with van der Waals surface area (Å²) in [5, 5.41) is 0. The minimum atomic E-state index is -0.0711. The largest absolute Gasteiger partial charge is 0.469 e. The molecule has 0 N–H and O–H groups in total. The topological polar surface area (TPSA) is 26.3 Å². The van der Waals surface area contributed by atoms with E-state index in [1.165, 1.54) is 71.3 Å². The van der Waals surface area contributed by atoms with Crippen LogP contribution in [0.2, 0.25) is 0 Å². The second-order valence-corrected chi connectivity index (χ2v) is 6.74. The number of esters is 1. The van der Waals surface area contributed by atoms with Crippen LogP contribution in [0.1, 0.15) is 97.3 Å². The van der Waals surface area contributed by atoms with Crippen LogP contribution in [0.5, 0.6) is 0 Å². The third-order valence-electron chi connectivity index (χ3n) is 4.06. The molecule has 22 heavy (non-hydrogen) atoms. The third-order valence-corrected chi connectivity index (χ3v) is 4.06. The van der Waals surface area contributed by atoms with Gasteiger partial charge in [-0.15, -0.1) is 0 Å². The second-order valence-electron chi connectivity index (χ2n) is 6.74. The van der Waals surface area contributed by atoms with Gasteiger partial charge in [0.15, 0.2) is 0 Å². The Balaban J connectivity index is 3.10. The maximum absolute atomic E-state index is 10.9. The molecule has 0 heterocycles. The number of carbonyl (C=O) groups excluding carboxylic acids is 1. The monoisotopic (exact) mass is 310 g/mol. The van der Waals surface area contributed by atoms with Gasteiger partial charge in [0.2, 0.25) is 0 Å². The van der Waals surface area contributed by atoms with Crippen molar-refractivity contribution in [2.24, 2.45) is 5.92 Å². The summed E-state index contributed by atoms with van der Waals surface area (Å²) >= 11 is 0. The zero-order chi connectivity index (χ0) is 16.5. The van der Waals surface area contributed by atoms with Crippen LogP contribution < -0.4 is 0 Å². The maximum Gasteiger partial charge on any atom is 0.305 e. The van der Waals surface area contributed by atoms with Crippen molar-refractivity contribution >= 4 is 5.97 Å². The molecule has 0 saturated carbocycles. The number of ether oxygens (including phenoxy) is 1. The number of unbranched alkanes of at least 4 members (excludes halogenated alkanes) is 9. The highest BCUT2D eigenvalue weighted by atomic mass is 16.5. The Kier molecular flexibility index (Phi) is 16.0. The fourth-order valence-electron chi connectivity index (χ4n) is 2.54. The molecule has 0 aliphatic carbocycles. The van der Waals surface area contributed by atoms with Gasteiger partial charge >= 0.3 is 5.97 Å². The van der Waals surface area contributed by atoms with Gasteiger partial charge in [-0.3, -0.25) is 4.79 Å². The van der Waals surface area contributed by atoms with Gasteiger partial charge in [0, 0.05) is 6.42 Å². The van der Waals surface area contributed by atoms with Crippen LogP contribution in [-0.4, -0.2) is 13.1 Å². The van der Waals surface area contributed by atoms with E-state index < -0.39 is 0 Å². The average molecular weight is 311 g/mol. The maximum atomic E-state index is 10.9. The van der Waals surface area contributed by atoms with Crippen molar-refractivity contribution < 1.29 is 9.53 Å². The third kappa shape index (κ3) is 17.3. The molecule has 0 fully saturated rings. The first-order chi connectivity index (χ1) is 10.7. The number of allylic oxidation sites excluding steroid dienone is 2. The van der Waals surface area contributed by atoms with E-state index in [-0.39, 0.29) is 5.97 Å². The molecule has 0 atom stereocenters. The molecule has 0 saturated heterocycles. The first-order valence-electron chi connectivity index (χ1n) is 9.38. The summed E-state index contributed by atoms with van der Waals surface area (Å²) in [5.74, 6) is 0.753. The summed E-state index contributed by atoms with van der Waals surface area (Å²) in [5.41, 5.74) is 0. The highest BCUT2D eigenvalue weighted by molar-refractivity contribution is 5.68. The van der Waals surface area contributed by atoms with Gasteiger partial charge < -0.3 is 4.74 Å². The molecule has 0 rings (SSSR count). The summed E-state index contributed by atoms with van der Waals surface area (Å²) in [6.07, 6.45) is 20.7.